The van der Waals surface area contributed by atoms with E-state index in [-0.39, 0.29) is 29.5 Å². The molecule has 1 N–H and O–H groups in total. The lowest BCUT2D eigenvalue weighted by molar-refractivity contribution is -0.140. The van der Waals surface area contributed by atoms with Gasteiger partial charge in [0.2, 0.25) is 11.8 Å². The molecule has 0 aliphatic heterocycles. The molecule has 230 valence electrons. The normalized spacial score (nSPS) is 11.9. The maximum Gasteiger partial charge on any atom is 0.264 e. The molecule has 2 amide bonds. The number of nitrogens with one attached hydrogen (secondary N) is 1. The van der Waals surface area contributed by atoms with Crippen molar-refractivity contribution in [2.45, 2.75) is 44.2 Å². The molecule has 1 atom stereocenters. The van der Waals surface area contributed by atoms with Crippen molar-refractivity contribution in [1.82, 2.24) is 10.2 Å². The van der Waals surface area contributed by atoms with Gasteiger partial charge in [-0.2, -0.15) is 0 Å². The molecule has 0 unspecified atom stereocenters. The Labute approximate surface area is 273 Å². The molecule has 0 bridgehead atoms. The van der Waals surface area contributed by atoms with Gasteiger partial charge in [0, 0.05) is 29.0 Å². The molecule has 44 heavy (non-hydrogen) atoms. The number of carbonyl (C=O) groups is 2. The van der Waals surface area contributed by atoms with Gasteiger partial charge in [-0.15, -0.1) is 0 Å². The Morgan fingerprint density at radius 2 is 1.52 bits per heavy atom. The van der Waals surface area contributed by atoms with E-state index in [1.54, 1.807) is 43.3 Å². The van der Waals surface area contributed by atoms with Crippen LogP contribution >= 0.6 is 27.5 Å². The number of benzene rings is 4. The van der Waals surface area contributed by atoms with Crippen molar-refractivity contribution in [3.63, 3.8) is 0 Å². The monoisotopic (exact) mass is 695 g/mol. The predicted octanol–water partition coefficient (Wildman–Crippen LogP) is 6.77. The average molecular weight is 697 g/mol. The predicted molar refractivity (Wildman–Crippen MR) is 179 cm³/mol. The lowest BCUT2D eigenvalue weighted by Crippen LogP contribution is -2.53. The summed E-state index contributed by atoms with van der Waals surface area (Å²) in [5.41, 5.74) is 2.45. The summed E-state index contributed by atoms with van der Waals surface area (Å²) in [6.45, 7) is 3.66. The number of anilines is 1. The van der Waals surface area contributed by atoms with E-state index in [4.69, 9.17) is 11.6 Å². The maximum absolute atomic E-state index is 14.5. The largest absolute Gasteiger partial charge is 0.354 e. The first-order valence-electron chi connectivity index (χ1n) is 14.3. The van der Waals surface area contributed by atoms with Gasteiger partial charge in [0.05, 0.1) is 10.6 Å². The maximum atomic E-state index is 14.5. The Kier molecular flexibility index (Phi) is 11.6. The lowest BCUT2D eigenvalue weighted by atomic mass is 10.0. The van der Waals surface area contributed by atoms with Crippen molar-refractivity contribution < 1.29 is 18.0 Å². The van der Waals surface area contributed by atoms with Gasteiger partial charge in [-0.3, -0.25) is 13.9 Å². The van der Waals surface area contributed by atoms with Gasteiger partial charge >= 0.3 is 0 Å². The highest BCUT2D eigenvalue weighted by molar-refractivity contribution is 9.10. The topological polar surface area (TPSA) is 86.8 Å². The summed E-state index contributed by atoms with van der Waals surface area (Å²) in [6.07, 6.45) is 0.971. The second-order valence-corrected chi connectivity index (χ2v) is 13.5. The molecule has 0 heterocycles. The SMILES string of the molecule is CCCNC(=O)[C@@H](Cc1ccccc1)N(Cc1cccc(Br)c1)C(=O)CN(c1cccc(Cl)c1C)S(=O)(=O)c1ccccc1. The molecule has 0 fully saturated rings. The Morgan fingerprint density at radius 3 is 2.18 bits per heavy atom. The second-order valence-electron chi connectivity index (χ2n) is 10.4. The smallest absolute Gasteiger partial charge is 0.264 e. The van der Waals surface area contributed by atoms with Gasteiger partial charge < -0.3 is 10.2 Å². The van der Waals surface area contributed by atoms with E-state index in [1.807, 2.05) is 61.5 Å². The number of hydrogen-bond acceptors (Lipinski definition) is 4. The minimum Gasteiger partial charge on any atom is -0.354 e. The Balaban J connectivity index is 1.82. The number of amides is 2. The zero-order chi connectivity index (χ0) is 31.7. The summed E-state index contributed by atoms with van der Waals surface area (Å²) >= 11 is 9.93. The van der Waals surface area contributed by atoms with Gasteiger partial charge in [0.15, 0.2) is 0 Å². The van der Waals surface area contributed by atoms with Crippen molar-refractivity contribution in [3.05, 3.63) is 129 Å². The Bertz CT molecular complexity index is 1690. The van der Waals surface area contributed by atoms with Crippen LogP contribution in [0, 0.1) is 6.92 Å². The summed E-state index contributed by atoms with van der Waals surface area (Å²) in [5.74, 6) is -0.841. The minimum absolute atomic E-state index is 0.0345. The zero-order valence-corrected chi connectivity index (χ0v) is 27.8. The van der Waals surface area contributed by atoms with E-state index < -0.39 is 28.5 Å². The Morgan fingerprint density at radius 1 is 0.886 bits per heavy atom. The van der Waals surface area contributed by atoms with Crippen LogP contribution in [0.15, 0.2) is 112 Å². The van der Waals surface area contributed by atoms with E-state index in [1.165, 1.54) is 17.0 Å². The molecule has 0 aromatic heterocycles. The number of sulfonamides is 1. The first-order valence-corrected chi connectivity index (χ1v) is 16.9. The summed E-state index contributed by atoms with van der Waals surface area (Å²) in [5, 5.41) is 3.32. The number of carbonyl (C=O) groups excluding carboxylic acids is 2. The average Bonchev–Trinajstić information content (AvgIpc) is 3.02. The highest BCUT2D eigenvalue weighted by Gasteiger charge is 2.35. The molecule has 0 aliphatic rings. The zero-order valence-electron chi connectivity index (χ0n) is 24.6. The third-order valence-corrected chi connectivity index (χ3v) is 9.86. The number of rotatable bonds is 13. The third kappa shape index (κ3) is 8.28. The van der Waals surface area contributed by atoms with Crippen molar-refractivity contribution in [3.8, 4) is 0 Å². The first-order chi connectivity index (χ1) is 21.1. The highest BCUT2D eigenvalue weighted by atomic mass is 79.9. The highest BCUT2D eigenvalue weighted by Crippen LogP contribution is 2.31. The van der Waals surface area contributed by atoms with Crippen LogP contribution in [0.2, 0.25) is 5.02 Å². The van der Waals surface area contributed by atoms with Crippen LogP contribution in [0.1, 0.15) is 30.0 Å². The van der Waals surface area contributed by atoms with Gasteiger partial charge in [0.25, 0.3) is 10.0 Å². The van der Waals surface area contributed by atoms with Gasteiger partial charge in [-0.1, -0.05) is 101 Å². The molecule has 4 aromatic carbocycles. The van der Waals surface area contributed by atoms with Crippen LogP contribution in [0.5, 0.6) is 0 Å². The molecule has 4 aromatic rings. The third-order valence-electron chi connectivity index (χ3n) is 7.18. The van der Waals surface area contributed by atoms with Gasteiger partial charge in [-0.25, -0.2) is 8.42 Å². The molecule has 0 aliphatic carbocycles. The van der Waals surface area contributed by atoms with Gasteiger partial charge in [-0.05, 0) is 66.4 Å². The molecule has 4 rings (SSSR count). The van der Waals surface area contributed by atoms with Crippen molar-refractivity contribution in [2.75, 3.05) is 17.4 Å². The standard InChI is InChI=1S/C34H35BrClN3O4S/c1-3-20-37-34(41)32(22-26-12-6-4-7-13-26)38(23-27-14-10-15-28(35)21-27)33(40)24-39(31-19-11-18-30(36)25(31)2)44(42,43)29-16-8-5-9-17-29/h4-19,21,32H,3,20,22-24H2,1-2H3,(H,37,41)/t32-/m1/s1. The molecular weight excluding hydrogens is 662 g/mol. The van der Waals surface area contributed by atoms with E-state index >= 15 is 0 Å². The summed E-state index contributed by atoms with van der Waals surface area (Å²) < 4.78 is 30.1. The van der Waals surface area contributed by atoms with Crippen LogP contribution < -0.4 is 9.62 Å². The van der Waals surface area contributed by atoms with Crippen LogP contribution in [-0.2, 0) is 32.6 Å². The van der Waals surface area contributed by atoms with E-state index in [0.717, 1.165) is 26.3 Å². The molecule has 0 saturated heterocycles. The van der Waals surface area contributed by atoms with Crippen LogP contribution in [-0.4, -0.2) is 44.3 Å². The molecule has 0 radical (unpaired) electrons. The number of hydrogen-bond donors (Lipinski definition) is 1. The molecular formula is C34H35BrClN3O4S. The van der Waals surface area contributed by atoms with Crippen molar-refractivity contribution in [1.29, 1.82) is 0 Å². The van der Waals surface area contributed by atoms with Gasteiger partial charge in [0.1, 0.15) is 12.6 Å². The van der Waals surface area contributed by atoms with Crippen LogP contribution in [0.25, 0.3) is 0 Å². The fraction of sp³-hybridized carbons (Fsp3) is 0.235. The van der Waals surface area contributed by atoms with E-state index in [0.29, 0.717) is 17.1 Å². The molecule has 0 spiro atoms. The second kappa shape index (κ2) is 15.4. The van der Waals surface area contributed by atoms with Crippen LogP contribution in [0.3, 0.4) is 0 Å². The number of nitrogens with zero attached hydrogens (tertiary/aromatic N) is 2. The fourth-order valence-electron chi connectivity index (χ4n) is 4.85. The summed E-state index contributed by atoms with van der Waals surface area (Å²) in [7, 11) is -4.20. The molecule has 10 heteroatoms. The minimum atomic E-state index is -4.20. The first kappa shape index (κ1) is 33.2. The number of halogens is 2. The Hall–Kier alpha value is -3.66. The lowest BCUT2D eigenvalue weighted by Gasteiger charge is -2.34. The van der Waals surface area contributed by atoms with Crippen molar-refractivity contribution >= 4 is 55.1 Å². The van der Waals surface area contributed by atoms with E-state index in [9.17, 15) is 18.0 Å². The molecule has 7 nitrogen and oxygen atoms in total. The quantitative estimate of drug-likeness (QED) is 0.167. The summed E-state index contributed by atoms with van der Waals surface area (Å²) in [6, 6.07) is 28.9. The van der Waals surface area contributed by atoms with Crippen LogP contribution in [0.4, 0.5) is 5.69 Å². The van der Waals surface area contributed by atoms with E-state index in [2.05, 4.69) is 21.2 Å². The summed E-state index contributed by atoms with van der Waals surface area (Å²) in [4.78, 5) is 29.7. The van der Waals surface area contributed by atoms with Crippen molar-refractivity contribution in [2.24, 2.45) is 0 Å². The fourth-order valence-corrected chi connectivity index (χ4v) is 6.96. The molecule has 0 saturated carbocycles.